The summed E-state index contributed by atoms with van der Waals surface area (Å²) < 4.78 is 0. The van der Waals surface area contributed by atoms with Crippen molar-refractivity contribution in [3.05, 3.63) is 63.7 Å². The van der Waals surface area contributed by atoms with Crippen molar-refractivity contribution in [1.82, 2.24) is 0 Å². The molecule has 6 heteroatoms. The maximum atomic E-state index is 12.1. The number of carbonyl (C=O) groups excluding carboxylic acids is 1. The first-order chi connectivity index (χ1) is 11.0. The molecule has 1 N–H and O–H groups in total. The molecule has 3 rings (SSSR count). The van der Waals surface area contributed by atoms with Crippen LogP contribution in [0.15, 0.2) is 42.5 Å². The summed E-state index contributed by atoms with van der Waals surface area (Å²) in [6.07, 6.45) is 1.74. The van der Waals surface area contributed by atoms with E-state index in [2.05, 4.69) is 5.32 Å². The first-order valence-corrected chi connectivity index (χ1v) is 7.05. The zero-order valence-electron chi connectivity index (χ0n) is 12.7. The molecule has 6 nitrogen and oxygen atoms in total. The molecule has 0 atom stereocenters. The van der Waals surface area contributed by atoms with E-state index in [0.717, 1.165) is 11.3 Å². The van der Waals surface area contributed by atoms with E-state index >= 15 is 0 Å². The van der Waals surface area contributed by atoms with E-state index < -0.39 is 4.92 Å². The summed E-state index contributed by atoms with van der Waals surface area (Å²) in [6, 6.07) is 12.1. The van der Waals surface area contributed by atoms with Crippen molar-refractivity contribution in [1.29, 1.82) is 0 Å². The van der Waals surface area contributed by atoms with E-state index in [1.54, 1.807) is 12.1 Å². The molecule has 0 aromatic heterocycles. The van der Waals surface area contributed by atoms with Gasteiger partial charge in [0.25, 0.3) is 11.6 Å². The first-order valence-electron chi connectivity index (χ1n) is 7.05. The minimum Gasteiger partial charge on any atom is -0.378 e. The molecule has 0 spiro atoms. The number of nitro benzene ring substituents is 1. The number of nitrogens with zero attached hydrogens (tertiary/aromatic N) is 2. The third kappa shape index (κ3) is 2.78. The number of carbonyl (C=O) groups is 1. The van der Waals surface area contributed by atoms with Crippen LogP contribution < -0.4 is 10.2 Å². The lowest BCUT2D eigenvalue weighted by molar-refractivity contribution is -0.384. The Balaban J connectivity index is 2.02. The number of nitro groups is 1. The minimum absolute atomic E-state index is 0.0332. The van der Waals surface area contributed by atoms with Gasteiger partial charge in [0.2, 0.25) is 0 Å². The molecule has 1 aliphatic heterocycles. The Bertz CT molecular complexity index is 823. The molecule has 2 aromatic carbocycles. The highest BCUT2D eigenvalue weighted by Crippen LogP contribution is 2.35. The number of fused-ring (bicyclic) bond motifs is 1. The zero-order valence-corrected chi connectivity index (χ0v) is 12.7. The van der Waals surface area contributed by atoms with Crippen molar-refractivity contribution in [2.75, 3.05) is 24.3 Å². The maximum Gasteiger partial charge on any atom is 0.270 e. The summed E-state index contributed by atoms with van der Waals surface area (Å²) in [6.45, 7) is 0. The Hall–Kier alpha value is -3.15. The van der Waals surface area contributed by atoms with Crippen LogP contribution in [0.4, 0.5) is 17.1 Å². The number of hydrogen-bond donors (Lipinski definition) is 1. The molecule has 116 valence electrons. The first kappa shape index (κ1) is 14.8. The maximum absolute atomic E-state index is 12.1. The Kier molecular flexibility index (Phi) is 3.57. The third-order valence-electron chi connectivity index (χ3n) is 3.72. The van der Waals surface area contributed by atoms with Crippen molar-refractivity contribution in [3.8, 4) is 0 Å². The van der Waals surface area contributed by atoms with Gasteiger partial charge in [0.15, 0.2) is 0 Å². The second-order valence-corrected chi connectivity index (χ2v) is 5.49. The van der Waals surface area contributed by atoms with Gasteiger partial charge in [-0.25, -0.2) is 0 Å². The van der Waals surface area contributed by atoms with Gasteiger partial charge in [-0.05, 0) is 29.8 Å². The van der Waals surface area contributed by atoms with Gasteiger partial charge >= 0.3 is 0 Å². The van der Waals surface area contributed by atoms with Crippen LogP contribution in [0.5, 0.6) is 0 Å². The fourth-order valence-electron chi connectivity index (χ4n) is 2.47. The topological polar surface area (TPSA) is 75.5 Å². The van der Waals surface area contributed by atoms with Gasteiger partial charge in [-0.3, -0.25) is 14.9 Å². The van der Waals surface area contributed by atoms with E-state index in [-0.39, 0.29) is 11.6 Å². The van der Waals surface area contributed by atoms with Gasteiger partial charge in [-0.15, -0.1) is 0 Å². The van der Waals surface area contributed by atoms with Crippen LogP contribution >= 0.6 is 0 Å². The van der Waals surface area contributed by atoms with Gasteiger partial charge < -0.3 is 10.2 Å². The summed E-state index contributed by atoms with van der Waals surface area (Å²) in [5.41, 5.74) is 3.47. The molecule has 0 bridgehead atoms. The van der Waals surface area contributed by atoms with E-state index in [0.29, 0.717) is 16.8 Å². The largest absolute Gasteiger partial charge is 0.378 e. The zero-order chi connectivity index (χ0) is 16.6. The second-order valence-electron chi connectivity index (χ2n) is 5.49. The summed E-state index contributed by atoms with van der Waals surface area (Å²) >= 11 is 0. The molecule has 0 aliphatic carbocycles. The fraction of sp³-hybridized carbons (Fsp3) is 0.118. The van der Waals surface area contributed by atoms with Crippen LogP contribution in [0, 0.1) is 10.1 Å². The van der Waals surface area contributed by atoms with E-state index in [9.17, 15) is 14.9 Å². The number of rotatable bonds is 3. The third-order valence-corrected chi connectivity index (χ3v) is 3.72. The van der Waals surface area contributed by atoms with E-state index in [1.165, 1.54) is 12.1 Å². The van der Waals surface area contributed by atoms with Gasteiger partial charge in [0, 0.05) is 48.7 Å². The molecule has 1 heterocycles. The van der Waals surface area contributed by atoms with Crippen LogP contribution in [0.3, 0.4) is 0 Å². The molecular formula is C17H15N3O3. The Labute approximate surface area is 133 Å². The standard InChI is InChI=1S/C17H15N3O3/c1-19(2)12-5-3-11(4-6-12)9-15-14-10-13(20(22)23)7-8-16(14)18-17(15)21/h3-10H,1-2H3,(H,18,21). The summed E-state index contributed by atoms with van der Waals surface area (Å²) in [4.78, 5) is 24.6. The number of anilines is 2. The highest BCUT2D eigenvalue weighted by Gasteiger charge is 2.26. The summed E-state index contributed by atoms with van der Waals surface area (Å²) in [5, 5.41) is 13.7. The van der Waals surface area contributed by atoms with Gasteiger partial charge in [-0.1, -0.05) is 12.1 Å². The van der Waals surface area contributed by atoms with Crippen molar-refractivity contribution in [3.63, 3.8) is 0 Å². The van der Waals surface area contributed by atoms with Crippen LogP contribution in [0.2, 0.25) is 0 Å². The number of non-ortho nitro benzene ring substituents is 1. The molecule has 0 radical (unpaired) electrons. The van der Waals surface area contributed by atoms with Crippen LogP contribution in [-0.2, 0) is 4.79 Å². The summed E-state index contributed by atoms with van der Waals surface area (Å²) in [7, 11) is 3.90. The lowest BCUT2D eigenvalue weighted by atomic mass is 10.0. The molecule has 0 fully saturated rings. The van der Waals surface area contributed by atoms with Crippen LogP contribution in [0.25, 0.3) is 11.6 Å². The van der Waals surface area contributed by atoms with Gasteiger partial charge in [0.05, 0.1) is 4.92 Å². The number of nitrogens with one attached hydrogen (secondary N) is 1. The molecular weight excluding hydrogens is 294 g/mol. The fourth-order valence-corrected chi connectivity index (χ4v) is 2.47. The monoisotopic (exact) mass is 309 g/mol. The predicted molar refractivity (Wildman–Crippen MR) is 90.4 cm³/mol. The molecule has 0 saturated carbocycles. The molecule has 23 heavy (non-hydrogen) atoms. The average Bonchev–Trinajstić information content (AvgIpc) is 2.83. The molecule has 2 aromatic rings. The number of benzene rings is 2. The van der Waals surface area contributed by atoms with Crippen molar-refractivity contribution in [2.45, 2.75) is 0 Å². The second kappa shape index (κ2) is 5.57. The van der Waals surface area contributed by atoms with Gasteiger partial charge in [-0.2, -0.15) is 0 Å². The lowest BCUT2D eigenvalue weighted by Crippen LogP contribution is -2.08. The van der Waals surface area contributed by atoms with Crippen molar-refractivity contribution in [2.24, 2.45) is 0 Å². The molecule has 1 aliphatic rings. The minimum atomic E-state index is -0.466. The van der Waals surface area contributed by atoms with Gasteiger partial charge in [0.1, 0.15) is 0 Å². The molecule has 0 saturated heterocycles. The Morgan fingerprint density at radius 2 is 1.83 bits per heavy atom. The number of amides is 1. The Morgan fingerprint density at radius 1 is 1.13 bits per heavy atom. The SMILES string of the molecule is CN(C)c1ccc(C=C2C(=O)Nc3ccc([N+](=O)[O-])cc32)cc1. The molecule has 0 unspecified atom stereocenters. The lowest BCUT2D eigenvalue weighted by Gasteiger charge is -2.11. The van der Waals surface area contributed by atoms with Crippen molar-refractivity contribution < 1.29 is 9.72 Å². The average molecular weight is 309 g/mol. The van der Waals surface area contributed by atoms with Crippen LogP contribution in [0.1, 0.15) is 11.1 Å². The highest BCUT2D eigenvalue weighted by molar-refractivity contribution is 6.35. The molecule has 1 amide bonds. The normalized spacial score (nSPS) is 14.5. The highest BCUT2D eigenvalue weighted by atomic mass is 16.6. The summed E-state index contributed by atoms with van der Waals surface area (Å²) in [5.74, 6) is -0.253. The van der Waals surface area contributed by atoms with E-state index in [1.807, 2.05) is 43.3 Å². The van der Waals surface area contributed by atoms with Crippen molar-refractivity contribution >= 4 is 34.6 Å². The predicted octanol–water partition coefficient (Wildman–Crippen LogP) is 3.15. The number of hydrogen-bond acceptors (Lipinski definition) is 4. The van der Waals surface area contributed by atoms with E-state index in [4.69, 9.17) is 0 Å². The quantitative estimate of drug-likeness (QED) is 0.537. The van der Waals surface area contributed by atoms with Crippen LogP contribution in [-0.4, -0.2) is 24.9 Å². The smallest absolute Gasteiger partial charge is 0.270 e. The Morgan fingerprint density at radius 3 is 2.43 bits per heavy atom.